The number of nitrogens with zero attached hydrogens (tertiary/aromatic N) is 2. The maximum Gasteiger partial charge on any atom is 0.254 e. The van der Waals surface area contributed by atoms with Crippen molar-refractivity contribution >= 4 is 11.6 Å². The van der Waals surface area contributed by atoms with Crippen LogP contribution in [0.4, 0.5) is 5.69 Å². The third-order valence-corrected chi connectivity index (χ3v) is 5.25. The fourth-order valence-corrected chi connectivity index (χ4v) is 3.69. The van der Waals surface area contributed by atoms with Crippen molar-refractivity contribution in [2.24, 2.45) is 0 Å². The lowest BCUT2D eigenvalue weighted by molar-refractivity contribution is 0.0746. The topological polar surface area (TPSA) is 42.0 Å². The predicted octanol–water partition coefficient (Wildman–Crippen LogP) is 3.96. The largest absolute Gasteiger partial charge is 0.493 e. The van der Waals surface area contributed by atoms with E-state index in [1.807, 2.05) is 4.90 Å². The Morgan fingerprint density at radius 1 is 0.893 bits per heavy atom. The van der Waals surface area contributed by atoms with Gasteiger partial charge in [0.15, 0.2) is 11.5 Å². The molecule has 0 N–H and O–H groups in total. The summed E-state index contributed by atoms with van der Waals surface area (Å²) in [5.41, 5.74) is 3.33. The van der Waals surface area contributed by atoms with Crippen molar-refractivity contribution in [2.45, 2.75) is 26.2 Å². The quantitative estimate of drug-likeness (QED) is 0.803. The van der Waals surface area contributed by atoms with Gasteiger partial charge in [-0.25, -0.2) is 0 Å². The summed E-state index contributed by atoms with van der Waals surface area (Å²) in [7, 11) is 3.17. The molecule has 2 aromatic rings. The number of benzene rings is 2. The summed E-state index contributed by atoms with van der Waals surface area (Å²) in [6.45, 7) is 9.77. The molecule has 5 nitrogen and oxygen atoms in total. The van der Waals surface area contributed by atoms with Crippen LogP contribution in [-0.4, -0.2) is 51.2 Å². The van der Waals surface area contributed by atoms with Crippen LogP contribution in [0.3, 0.4) is 0 Å². The number of carbonyl (C=O) groups is 1. The highest BCUT2D eigenvalue weighted by atomic mass is 16.5. The van der Waals surface area contributed by atoms with Crippen molar-refractivity contribution < 1.29 is 14.3 Å². The Kier molecular flexibility index (Phi) is 5.82. The monoisotopic (exact) mass is 382 g/mol. The van der Waals surface area contributed by atoms with E-state index >= 15 is 0 Å². The molecular weight excluding hydrogens is 352 g/mol. The van der Waals surface area contributed by atoms with Gasteiger partial charge in [-0.15, -0.1) is 0 Å². The number of rotatable bonds is 4. The van der Waals surface area contributed by atoms with Gasteiger partial charge in [-0.05, 0) is 35.2 Å². The molecule has 5 heteroatoms. The number of hydrogen-bond acceptors (Lipinski definition) is 4. The van der Waals surface area contributed by atoms with Gasteiger partial charge in [-0.1, -0.05) is 39.0 Å². The molecule has 150 valence electrons. The summed E-state index contributed by atoms with van der Waals surface area (Å²) >= 11 is 0. The Morgan fingerprint density at radius 2 is 1.54 bits per heavy atom. The van der Waals surface area contributed by atoms with Crippen LogP contribution in [0.25, 0.3) is 0 Å². The van der Waals surface area contributed by atoms with Crippen LogP contribution in [0.1, 0.15) is 36.7 Å². The first-order valence-corrected chi connectivity index (χ1v) is 9.71. The van der Waals surface area contributed by atoms with Crippen LogP contribution in [0.2, 0.25) is 0 Å². The predicted molar refractivity (Wildman–Crippen MR) is 113 cm³/mol. The molecule has 0 unspecified atom stereocenters. The number of piperazine rings is 1. The van der Waals surface area contributed by atoms with Crippen molar-refractivity contribution in [1.29, 1.82) is 0 Å². The fourth-order valence-electron chi connectivity index (χ4n) is 3.69. The number of amides is 1. The van der Waals surface area contributed by atoms with E-state index in [2.05, 4.69) is 49.9 Å². The molecule has 3 rings (SSSR count). The highest BCUT2D eigenvalue weighted by molar-refractivity contribution is 5.95. The van der Waals surface area contributed by atoms with E-state index in [-0.39, 0.29) is 11.3 Å². The zero-order valence-electron chi connectivity index (χ0n) is 17.5. The summed E-state index contributed by atoms with van der Waals surface area (Å²) in [4.78, 5) is 17.2. The Hall–Kier alpha value is -2.69. The number of para-hydroxylation sites is 1. The molecule has 1 amide bonds. The van der Waals surface area contributed by atoms with E-state index in [1.165, 1.54) is 11.3 Å². The van der Waals surface area contributed by atoms with Crippen LogP contribution in [0.15, 0.2) is 42.5 Å². The van der Waals surface area contributed by atoms with E-state index in [0.717, 1.165) is 13.1 Å². The van der Waals surface area contributed by atoms with Crippen LogP contribution in [-0.2, 0) is 5.41 Å². The van der Waals surface area contributed by atoms with E-state index < -0.39 is 0 Å². The van der Waals surface area contributed by atoms with Crippen molar-refractivity contribution in [1.82, 2.24) is 4.90 Å². The number of carbonyl (C=O) groups excluding carboxylic acids is 1. The second-order valence-electron chi connectivity index (χ2n) is 8.12. The second-order valence-corrected chi connectivity index (χ2v) is 8.12. The lowest BCUT2D eigenvalue weighted by atomic mass is 9.85. The standard InChI is InChI=1S/C23H30N2O3/c1-23(2,3)18-8-6-7-9-19(18)24-12-14-25(15-13-24)22(26)17-10-11-20(27-4)21(16-17)28-5/h6-11,16H,12-15H2,1-5H3. The molecule has 0 aliphatic carbocycles. The molecule has 2 aromatic carbocycles. The Bertz CT molecular complexity index is 834. The van der Waals surface area contributed by atoms with Crippen molar-refractivity contribution in [3.63, 3.8) is 0 Å². The van der Waals surface area contributed by atoms with Crippen molar-refractivity contribution in [3.8, 4) is 11.5 Å². The highest BCUT2D eigenvalue weighted by Crippen LogP contribution is 2.33. The second kappa shape index (κ2) is 8.13. The Balaban J connectivity index is 1.72. The minimum Gasteiger partial charge on any atom is -0.493 e. The van der Waals surface area contributed by atoms with Gasteiger partial charge in [0, 0.05) is 37.4 Å². The first kappa shape index (κ1) is 20.1. The average molecular weight is 383 g/mol. The van der Waals surface area contributed by atoms with E-state index in [0.29, 0.717) is 30.2 Å². The van der Waals surface area contributed by atoms with Gasteiger partial charge in [0.05, 0.1) is 14.2 Å². The van der Waals surface area contributed by atoms with E-state index in [1.54, 1.807) is 32.4 Å². The maximum atomic E-state index is 12.9. The third-order valence-electron chi connectivity index (χ3n) is 5.25. The molecular formula is C23H30N2O3. The zero-order chi connectivity index (χ0) is 20.3. The van der Waals surface area contributed by atoms with Gasteiger partial charge in [0.1, 0.15) is 0 Å². The molecule has 1 aliphatic rings. The van der Waals surface area contributed by atoms with Crippen LogP contribution >= 0.6 is 0 Å². The van der Waals surface area contributed by atoms with Crippen LogP contribution < -0.4 is 14.4 Å². The molecule has 0 aromatic heterocycles. The molecule has 0 spiro atoms. The smallest absolute Gasteiger partial charge is 0.254 e. The molecule has 1 aliphatic heterocycles. The lowest BCUT2D eigenvalue weighted by Gasteiger charge is -2.38. The summed E-state index contributed by atoms with van der Waals surface area (Å²) < 4.78 is 10.6. The minimum absolute atomic E-state index is 0.0321. The van der Waals surface area contributed by atoms with E-state index in [4.69, 9.17) is 9.47 Å². The van der Waals surface area contributed by atoms with Crippen molar-refractivity contribution in [2.75, 3.05) is 45.3 Å². The van der Waals surface area contributed by atoms with Gasteiger partial charge in [0.25, 0.3) is 5.91 Å². The number of ether oxygens (including phenoxy) is 2. The van der Waals surface area contributed by atoms with Crippen molar-refractivity contribution in [3.05, 3.63) is 53.6 Å². The molecule has 1 heterocycles. The Labute approximate surface area is 167 Å². The summed E-state index contributed by atoms with van der Waals surface area (Å²) in [5.74, 6) is 1.23. The van der Waals surface area contributed by atoms with Crippen LogP contribution in [0, 0.1) is 0 Å². The molecule has 0 atom stereocenters. The molecule has 28 heavy (non-hydrogen) atoms. The van der Waals surface area contributed by atoms with Gasteiger partial charge in [-0.2, -0.15) is 0 Å². The van der Waals surface area contributed by atoms with Crippen LogP contribution in [0.5, 0.6) is 11.5 Å². The number of anilines is 1. The minimum atomic E-state index is 0.0321. The zero-order valence-corrected chi connectivity index (χ0v) is 17.5. The highest BCUT2D eigenvalue weighted by Gasteiger charge is 2.26. The van der Waals surface area contributed by atoms with Gasteiger partial charge < -0.3 is 19.3 Å². The van der Waals surface area contributed by atoms with Gasteiger partial charge in [0.2, 0.25) is 0 Å². The number of methoxy groups -OCH3 is 2. The summed E-state index contributed by atoms with van der Waals surface area (Å²) in [5, 5.41) is 0. The third kappa shape index (κ3) is 4.08. The first-order chi connectivity index (χ1) is 13.3. The molecule has 1 saturated heterocycles. The fraction of sp³-hybridized carbons (Fsp3) is 0.435. The molecule has 0 radical (unpaired) electrons. The average Bonchev–Trinajstić information content (AvgIpc) is 2.72. The molecule has 0 saturated carbocycles. The maximum absolute atomic E-state index is 12.9. The first-order valence-electron chi connectivity index (χ1n) is 9.71. The summed E-state index contributed by atoms with van der Waals surface area (Å²) in [6.07, 6.45) is 0. The van der Waals surface area contributed by atoms with Gasteiger partial charge >= 0.3 is 0 Å². The SMILES string of the molecule is COc1ccc(C(=O)N2CCN(c3ccccc3C(C)(C)C)CC2)cc1OC. The Morgan fingerprint density at radius 3 is 2.14 bits per heavy atom. The van der Waals surface area contributed by atoms with E-state index in [9.17, 15) is 4.79 Å². The normalized spacial score (nSPS) is 14.8. The van der Waals surface area contributed by atoms with Gasteiger partial charge in [-0.3, -0.25) is 4.79 Å². The number of hydrogen-bond donors (Lipinski definition) is 0. The molecule has 0 bridgehead atoms. The molecule has 1 fully saturated rings. The lowest BCUT2D eigenvalue weighted by Crippen LogP contribution is -2.49. The summed E-state index contributed by atoms with van der Waals surface area (Å²) in [6, 6.07) is 13.9.